The smallest absolute Gasteiger partial charge is 0.222 e. The van der Waals surface area contributed by atoms with Gasteiger partial charge in [-0.2, -0.15) is 0 Å². The summed E-state index contributed by atoms with van der Waals surface area (Å²) in [4.78, 5) is 8.11. The zero-order chi connectivity index (χ0) is 9.97. The first kappa shape index (κ1) is 9.68. The van der Waals surface area contributed by atoms with Crippen molar-refractivity contribution in [2.24, 2.45) is 0 Å². The number of hydrogen-bond donors (Lipinski definition) is 1. The van der Waals surface area contributed by atoms with Crippen LogP contribution >= 0.6 is 11.6 Å². The molecule has 1 aromatic rings. The number of methoxy groups -OCH3 is 1. The summed E-state index contributed by atoms with van der Waals surface area (Å²) in [6.07, 6.45) is 5.59. The van der Waals surface area contributed by atoms with Gasteiger partial charge in [0.1, 0.15) is 0 Å². The van der Waals surface area contributed by atoms with Gasteiger partial charge in [0.05, 0.1) is 23.5 Å². The van der Waals surface area contributed by atoms with Crippen LogP contribution in [-0.4, -0.2) is 29.2 Å². The van der Waals surface area contributed by atoms with E-state index in [2.05, 4.69) is 15.3 Å². The second kappa shape index (κ2) is 4.11. The Labute approximate surface area is 87.7 Å². The number of anilines is 1. The fourth-order valence-corrected chi connectivity index (χ4v) is 1.54. The van der Waals surface area contributed by atoms with E-state index in [9.17, 15) is 0 Å². The number of nitrogens with one attached hydrogen (secondary N) is 1. The molecule has 0 aliphatic heterocycles. The predicted octanol–water partition coefficient (Wildman–Crippen LogP) is 1.72. The number of halogens is 1. The van der Waals surface area contributed by atoms with Crippen LogP contribution in [0, 0.1) is 0 Å². The summed E-state index contributed by atoms with van der Waals surface area (Å²) < 4.78 is 5.17. The standard InChI is InChI=1S/C9H12ClN3O/c1-14-8-2-7(3-8)13-9-11-4-6(10)5-12-9/h4-5,7-8H,2-3H2,1H3,(H,11,12,13). The van der Waals surface area contributed by atoms with E-state index >= 15 is 0 Å². The molecule has 1 fully saturated rings. The summed E-state index contributed by atoms with van der Waals surface area (Å²) in [5, 5.41) is 3.76. The fourth-order valence-electron chi connectivity index (χ4n) is 1.45. The van der Waals surface area contributed by atoms with Gasteiger partial charge in [-0.1, -0.05) is 11.6 Å². The highest BCUT2D eigenvalue weighted by molar-refractivity contribution is 6.30. The van der Waals surface area contributed by atoms with E-state index in [1.807, 2.05) is 0 Å². The number of ether oxygens (including phenoxy) is 1. The Morgan fingerprint density at radius 3 is 2.64 bits per heavy atom. The first-order valence-corrected chi connectivity index (χ1v) is 4.92. The number of aromatic nitrogens is 2. The Bertz CT molecular complexity index is 297. The van der Waals surface area contributed by atoms with Gasteiger partial charge in [-0.15, -0.1) is 0 Å². The first-order chi connectivity index (χ1) is 6.78. The molecule has 76 valence electrons. The van der Waals surface area contributed by atoms with Crippen molar-refractivity contribution in [1.82, 2.24) is 9.97 Å². The Balaban J connectivity index is 1.84. The minimum atomic E-state index is 0.389. The van der Waals surface area contributed by atoms with Crippen molar-refractivity contribution in [1.29, 1.82) is 0 Å². The van der Waals surface area contributed by atoms with Gasteiger partial charge in [-0.05, 0) is 12.8 Å². The minimum Gasteiger partial charge on any atom is -0.381 e. The quantitative estimate of drug-likeness (QED) is 0.831. The molecule has 0 unspecified atom stereocenters. The van der Waals surface area contributed by atoms with Crippen LogP contribution in [0.1, 0.15) is 12.8 Å². The molecule has 1 aliphatic carbocycles. The molecule has 1 saturated carbocycles. The maximum Gasteiger partial charge on any atom is 0.222 e. The Hall–Kier alpha value is -0.870. The summed E-state index contributed by atoms with van der Waals surface area (Å²) in [5.74, 6) is 0.633. The molecule has 1 aliphatic rings. The highest BCUT2D eigenvalue weighted by Crippen LogP contribution is 2.25. The maximum absolute atomic E-state index is 5.67. The van der Waals surface area contributed by atoms with Crippen molar-refractivity contribution in [3.63, 3.8) is 0 Å². The molecular formula is C9H12ClN3O. The fraction of sp³-hybridized carbons (Fsp3) is 0.556. The van der Waals surface area contributed by atoms with Crippen molar-refractivity contribution in [3.8, 4) is 0 Å². The molecule has 0 amide bonds. The molecule has 5 heteroatoms. The molecule has 14 heavy (non-hydrogen) atoms. The third kappa shape index (κ3) is 2.13. The van der Waals surface area contributed by atoms with Gasteiger partial charge in [-0.25, -0.2) is 9.97 Å². The first-order valence-electron chi connectivity index (χ1n) is 4.55. The minimum absolute atomic E-state index is 0.389. The highest BCUT2D eigenvalue weighted by atomic mass is 35.5. The van der Waals surface area contributed by atoms with E-state index in [1.54, 1.807) is 19.5 Å². The highest BCUT2D eigenvalue weighted by Gasteiger charge is 2.29. The zero-order valence-electron chi connectivity index (χ0n) is 7.90. The topological polar surface area (TPSA) is 47.0 Å². The molecule has 0 bridgehead atoms. The van der Waals surface area contributed by atoms with Crippen LogP contribution in [0.4, 0.5) is 5.95 Å². The maximum atomic E-state index is 5.67. The van der Waals surface area contributed by atoms with Gasteiger partial charge in [0, 0.05) is 13.2 Å². The number of hydrogen-bond acceptors (Lipinski definition) is 4. The van der Waals surface area contributed by atoms with Crippen molar-refractivity contribution >= 4 is 17.5 Å². The van der Waals surface area contributed by atoms with E-state index in [-0.39, 0.29) is 0 Å². The molecule has 1 aromatic heterocycles. The van der Waals surface area contributed by atoms with Crippen LogP contribution in [0.25, 0.3) is 0 Å². The van der Waals surface area contributed by atoms with Crippen LogP contribution in [0.15, 0.2) is 12.4 Å². The van der Waals surface area contributed by atoms with Crippen LogP contribution < -0.4 is 5.32 Å². The Kier molecular flexibility index (Phi) is 2.84. The van der Waals surface area contributed by atoms with Crippen molar-refractivity contribution in [3.05, 3.63) is 17.4 Å². The van der Waals surface area contributed by atoms with Gasteiger partial charge in [-0.3, -0.25) is 0 Å². The van der Waals surface area contributed by atoms with E-state index in [0.29, 0.717) is 23.1 Å². The average Bonchev–Trinajstić information content (AvgIpc) is 2.13. The van der Waals surface area contributed by atoms with Crippen molar-refractivity contribution in [2.75, 3.05) is 12.4 Å². The van der Waals surface area contributed by atoms with Gasteiger partial charge in [0.15, 0.2) is 0 Å². The monoisotopic (exact) mass is 213 g/mol. The summed E-state index contributed by atoms with van der Waals surface area (Å²) in [5.41, 5.74) is 0. The number of rotatable bonds is 3. The predicted molar refractivity (Wildman–Crippen MR) is 54.5 cm³/mol. The zero-order valence-corrected chi connectivity index (χ0v) is 8.66. The SMILES string of the molecule is COC1CC(Nc2ncc(Cl)cn2)C1. The normalized spacial score (nSPS) is 25.6. The van der Waals surface area contributed by atoms with Crippen LogP contribution in [-0.2, 0) is 4.74 Å². The summed E-state index contributed by atoms with van der Waals surface area (Å²) in [6.45, 7) is 0. The molecular weight excluding hydrogens is 202 g/mol. The summed E-state index contributed by atoms with van der Waals surface area (Å²) >= 11 is 5.67. The molecule has 1 N–H and O–H groups in total. The molecule has 0 radical (unpaired) electrons. The third-order valence-electron chi connectivity index (χ3n) is 2.38. The molecule has 0 aromatic carbocycles. The summed E-state index contributed by atoms with van der Waals surface area (Å²) in [7, 11) is 1.74. The third-order valence-corrected chi connectivity index (χ3v) is 2.58. The van der Waals surface area contributed by atoms with Gasteiger partial charge >= 0.3 is 0 Å². The van der Waals surface area contributed by atoms with Crippen LogP contribution in [0.5, 0.6) is 0 Å². The lowest BCUT2D eigenvalue weighted by molar-refractivity contribution is 0.0327. The lowest BCUT2D eigenvalue weighted by atomic mass is 9.89. The second-order valence-corrected chi connectivity index (χ2v) is 3.83. The van der Waals surface area contributed by atoms with E-state index < -0.39 is 0 Å². The summed E-state index contributed by atoms with van der Waals surface area (Å²) in [6, 6.07) is 0.432. The lowest BCUT2D eigenvalue weighted by Crippen LogP contribution is -2.40. The number of nitrogens with zero attached hydrogens (tertiary/aromatic N) is 2. The van der Waals surface area contributed by atoms with Crippen molar-refractivity contribution < 1.29 is 4.74 Å². The molecule has 0 saturated heterocycles. The van der Waals surface area contributed by atoms with Gasteiger partial charge in [0.25, 0.3) is 0 Å². The van der Waals surface area contributed by atoms with Gasteiger partial charge < -0.3 is 10.1 Å². The Morgan fingerprint density at radius 2 is 2.07 bits per heavy atom. The van der Waals surface area contributed by atoms with Crippen molar-refractivity contribution in [2.45, 2.75) is 25.0 Å². The molecule has 0 atom stereocenters. The Morgan fingerprint density at radius 1 is 1.43 bits per heavy atom. The lowest BCUT2D eigenvalue weighted by Gasteiger charge is -2.34. The van der Waals surface area contributed by atoms with E-state index in [1.165, 1.54) is 0 Å². The average molecular weight is 214 g/mol. The molecule has 0 spiro atoms. The largest absolute Gasteiger partial charge is 0.381 e. The molecule has 2 rings (SSSR count). The van der Waals surface area contributed by atoms with Gasteiger partial charge in [0.2, 0.25) is 5.95 Å². The van der Waals surface area contributed by atoms with Crippen LogP contribution in [0.2, 0.25) is 5.02 Å². The van der Waals surface area contributed by atoms with E-state index in [4.69, 9.17) is 16.3 Å². The second-order valence-electron chi connectivity index (χ2n) is 3.40. The molecule has 1 heterocycles. The van der Waals surface area contributed by atoms with Crippen LogP contribution in [0.3, 0.4) is 0 Å². The van der Waals surface area contributed by atoms with E-state index in [0.717, 1.165) is 12.8 Å². The molecule has 4 nitrogen and oxygen atoms in total.